The topological polar surface area (TPSA) is 75.2 Å². The molecule has 0 radical (unpaired) electrons. The summed E-state index contributed by atoms with van der Waals surface area (Å²) in [5, 5.41) is 14.4. The van der Waals surface area contributed by atoms with E-state index >= 15 is 0 Å². The monoisotopic (exact) mass is 320 g/mol. The maximum atomic E-state index is 12.8. The Morgan fingerprint density at radius 2 is 2.05 bits per heavy atom. The van der Waals surface area contributed by atoms with Crippen molar-refractivity contribution in [2.24, 2.45) is 0 Å². The van der Waals surface area contributed by atoms with Crippen molar-refractivity contribution in [2.45, 2.75) is 6.18 Å². The smallest absolute Gasteiger partial charge is 0.416 e. The SMILES string of the molecule is COc1c(Cl)cc(C(F)(F)F)cc1-c1cc(C(=O)O)[nH]n1. The first kappa shape index (κ1) is 15.2. The zero-order valence-corrected chi connectivity index (χ0v) is 11.2. The van der Waals surface area contributed by atoms with Crippen LogP contribution >= 0.6 is 11.6 Å². The lowest BCUT2D eigenvalue weighted by atomic mass is 10.1. The average molecular weight is 321 g/mol. The predicted molar refractivity (Wildman–Crippen MR) is 67.5 cm³/mol. The van der Waals surface area contributed by atoms with Crippen molar-refractivity contribution in [3.8, 4) is 17.0 Å². The van der Waals surface area contributed by atoms with Crippen LogP contribution in [0.1, 0.15) is 16.1 Å². The molecule has 0 bridgehead atoms. The summed E-state index contributed by atoms with van der Waals surface area (Å²) in [5.41, 5.74) is -1.32. The van der Waals surface area contributed by atoms with Crippen LogP contribution in [0, 0.1) is 0 Å². The average Bonchev–Trinajstić information content (AvgIpc) is 2.86. The fourth-order valence-electron chi connectivity index (χ4n) is 1.72. The molecule has 21 heavy (non-hydrogen) atoms. The van der Waals surface area contributed by atoms with E-state index in [1.807, 2.05) is 0 Å². The molecule has 1 aromatic carbocycles. The highest BCUT2D eigenvalue weighted by molar-refractivity contribution is 6.32. The lowest BCUT2D eigenvalue weighted by Crippen LogP contribution is -2.06. The van der Waals surface area contributed by atoms with E-state index in [2.05, 4.69) is 10.2 Å². The molecule has 1 aromatic heterocycles. The molecule has 112 valence electrons. The van der Waals surface area contributed by atoms with Crippen LogP contribution in [0.3, 0.4) is 0 Å². The molecule has 0 atom stereocenters. The normalized spacial score (nSPS) is 11.5. The van der Waals surface area contributed by atoms with Gasteiger partial charge >= 0.3 is 12.1 Å². The predicted octanol–water partition coefficient (Wildman–Crippen LogP) is 3.46. The fraction of sp³-hybridized carbons (Fsp3) is 0.167. The molecular formula is C12H8ClF3N2O3. The number of aromatic carboxylic acids is 1. The van der Waals surface area contributed by atoms with Gasteiger partial charge in [-0.3, -0.25) is 5.10 Å². The van der Waals surface area contributed by atoms with Gasteiger partial charge in [0.2, 0.25) is 0 Å². The Morgan fingerprint density at radius 1 is 1.38 bits per heavy atom. The molecule has 0 unspecified atom stereocenters. The first-order chi connectivity index (χ1) is 9.74. The van der Waals surface area contributed by atoms with Gasteiger partial charge in [0.05, 0.1) is 23.4 Å². The van der Waals surface area contributed by atoms with Crippen LogP contribution in [0.25, 0.3) is 11.3 Å². The van der Waals surface area contributed by atoms with E-state index in [0.29, 0.717) is 0 Å². The van der Waals surface area contributed by atoms with Crippen LogP contribution in [-0.2, 0) is 6.18 Å². The summed E-state index contributed by atoms with van der Waals surface area (Å²) in [6.07, 6.45) is -4.60. The summed E-state index contributed by atoms with van der Waals surface area (Å²) in [6.45, 7) is 0. The third-order valence-electron chi connectivity index (χ3n) is 2.66. The van der Waals surface area contributed by atoms with Gasteiger partial charge in [-0.05, 0) is 18.2 Å². The number of rotatable bonds is 3. The molecule has 0 aliphatic rings. The maximum absolute atomic E-state index is 12.8. The van der Waals surface area contributed by atoms with Crippen molar-refractivity contribution in [1.82, 2.24) is 10.2 Å². The number of halogens is 4. The zero-order valence-electron chi connectivity index (χ0n) is 10.5. The number of hydrogen-bond donors (Lipinski definition) is 2. The van der Waals surface area contributed by atoms with Gasteiger partial charge in [-0.1, -0.05) is 11.6 Å². The van der Waals surface area contributed by atoms with Gasteiger partial charge in [-0.15, -0.1) is 0 Å². The van der Waals surface area contributed by atoms with E-state index in [9.17, 15) is 18.0 Å². The second kappa shape index (κ2) is 5.28. The highest BCUT2D eigenvalue weighted by Gasteiger charge is 2.33. The number of aromatic nitrogens is 2. The number of nitrogens with zero attached hydrogens (tertiary/aromatic N) is 1. The Hall–Kier alpha value is -2.22. The molecule has 9 heteroatoms. The van der Waals surface area contributed by atoms with Crippen LogP contribution in [0.5, 0.6) is 5.75 Å². The number of nitrogens with one attached hydrogen (secondary N) is 1. The van der Waals surface area contributed by atoms with E-state index in [0.717, 1.165) is 18.2 Å². The van der Waals surface area contributed by atoms with Crippen molar-refractivity contribution in [3.05, 3.63) is 34.5 Å². The molecule has 0 aliphatic carbocycles. The van der Waals surface area contributed by atoms with Gasteiger partial charge < -0.3 is 9.84 Å². The Morgan fingerprint density at radius 3 is 2.52 bits per heavy atom. The molecule has 2 aromatic rings. The van der Waals surface area contributed by atoms with Crippen LogP contribution in [0.2, 0.25) is 5.02 Å². The lowest BCUT2D eigenvalue weighted by Gasteiger charge is -2.13. The van der Waals surface area contributed by atoms with Crippen molar-refractivity contribution in [1.29, 1.82) is 0 Å². The number of aromatic amines is 1. The number of carbonyl (C=O) groups is 1. The van der Waals surface area contributed by atoms with Crippen LogP contribution in [-0.4, -0.2) is 28.4 Å². The number of ether oxygens (including phenoxy) is 1. The minimum absolute atomic E-state index is 0.0164. The Balaban J connectivity index is 2.64. The maximum Gasteiger partial charge on any atom is 0.416 e. The van der Waals surface area contributed by atoms with Gasteiger partial charge in [0, 0.05) is 5.56 Å². The third-order valence-corrected chi connectivity index (χ3v) is 2.94. The summed E-state index contributed by atoms with van der Waals surface area (Å²) < 4.78 is 43.4. The minimum Gasteiger partial charge on any atom is -0.494 e. The van der Waals surface area contributed by atoms with Crippen LogP contribution in [0.4, 0.5) is 13.2 Å². The molecular weight excluding hydrogens is 313 g/mol. The Kier molecular flexibility index (Phi) is 3.82. The molecule has 0 amide bonds. The fourth-order valence-corrected chi connectivity index (χ4v) is 2.02. The number of hydrogen-bond acceptors (Lipinski definition) is 3. The molecule has 0 saturated carbocycles. The number of H-pyrrole nitrogens is 1. The highest BCUT2D eigenvalue weighted by atomic mass is 35.5. The molecule has 0 spiro atoms. The molecule has 1 heterocycles. The summed E-state index contributed by atoms with van der Waals surface area (Å²) >= 11 is 5.78. The first-order valence-electron chi connectivity index (χ1n) is 5.48. The van der Waals surface area contributed by atoms with Gasteiger partial charge in [0.25, 0.3) is 0 Å². The lowest BCUT2D eigenvalue weighted by molar-refractivity contribution is -0.137. The molecule has 5 nitrogen and oxygen atoms in total. The summed E-state index contributed by atoms with van der Waals surface area (Å²) in [5.74, 6) is -1.31. The molecule has 0 saturated heterocycles. The number of carboxylic acid groups (broad SMARTS) is 1. The van der Waals surface area contributed by atoms with Crippen molar-refractivity contribution in [3.63, 3.8) is 0 Å². The number of benzene rings is 1. The highest BCUT2D eigenvalue weighted by Crippen LogP contribution is 2.41. The van der Waals surface area contributed by atoms with Crippen molar-refractivity contribution < 1.29 is 27.8 Å². The van der Waals surface area contributed by atoms with E-state index in [1.165, 1.54) is 7.11 Å². The quantitative estimate of drug-likeness (QED) is 0.908. The minimum atomic E-state index is -4.60. The second-order valence-electron chi connectivity index (χ2n) is 4.01. The number of alkyl halides is 3. The van der Waals surface area contributed by atoms with Crippen molar-refractivity contribution >= 4 is 17.6 Å². The number of carboxylic acids is 1. The largest absolute Gasteiger partial charge is 0.494 e. The van der Waals surface area contributed by atoms with Crippen molar-refractivity contribution in [2.75, 3.05) is 7.11 Å². The molecule has 0 aliphatic heterocycles. The van der Waals surface area contributed by atoms with E-state index in [4.69, 9.17) is 21.4 Å². The molecule has 2 N–H and O–H groups in total. The van der Waals surface area contributed by atoms with E-state index < -0.39 is 17.7 Å². The standard InChI is InChI=1S/C12H8ClF3N2O3/c1-21-10-6(8-4-9(11(19)20)18-17-8)2-5(3-7(10)13)12(14,15)16/h2-4H,1H3,(H,17,18)(H,19,20). The zero-order chi connectivity index (χ0) is 15.8. The van der Waals surface area contributed by atoms with Gasteiger partial charge in [0.1, 0.15) is 11.4 Å². The molecule has 0 fully saturated rings. The second-order valence-corrected chi connectivity index (χ2v) is 4.42. The van der Waals surface area contributed by atoms with E-state index in [-0.39, 0.29) is 27.7 Å². The van der Waals surface area contributed by atoms with Gasteiger partial charge in [0.15, 0.2) is 0 Å². The third kappa shape index (κ3) is 2.94. The first-order valence-corrected chi connectivity index (χ1v) is 5.85. The Bertz CT molecular complexity index is 698. The van der Waals surface area contributed by atoms with Crippen LogP contribution in [0.15, 0.2) is 18.2 Å². The summed E-state index contributed by atoms with van der Waals surface area (Å²) in [7, 11) is 1.24. The van der Waals surface area contributed by atoms with Gasteiger partial charge in [-0.25, -0.2) is 4.79 Å². The molecule has 2 rings (SSSR count). The Labute approximate surface area is 121 Å². The van der Waals surface area contributed by atoms with Crippen LogP contribution < -0.4 is 4.74 Å². The van der Waals surface area contributed by atoms with Gasteiger partial charge in [-0.2, -0.15) is 18.3 Å². The number of methoxy groups -OCH3 is 1. The summed E-state index contributed by atoms with van der Waals surface area (Å²) in [6, 6.07) is 2.62. The summed E-state index contributed by atoms with van der Waals surface area (Å²) in [4.78, 5) is 10.8. The van der Waals surface area contributed by atoms with E-state index in [1.54, 1.807) is 0 Å².